The molecule has 0 radical (unpaired) electrons. The van der Waals surface area contributed by atoms with Crippen LogP contribution in [0.25, 0.3) is 0 Å². The Balaban J connectivity index is 1.10. The molecule has 0 spiro atoms. The van der Waals surface area contributed by atoms with Crippen molar-refractivity contribution < 1.29 is 9.59 Å². The van der Waals surface area contributed by atoms with Crippen molar-refractivity contribution >= 4 is 11.9 Å². The zero-order chi connectivity index (χ0) is 19.8. The molecule has 1 N–H and O–H groups in total. The highest BCUT2D eigenvalue weighted by atomic mass is 16.2. The second-order valence-electron chi connectivity index (χ2n) is 10.1. The van der Waals surface area contributed by atoms with Gasteiger partial charge < -0.3 is 20.0 Å². The summed E-state index contributed by atoms with van der Waals surface area (Å²) in [6.45, 7) is 4.09. The molecule has 0 aromatic rings. The molecular weight excluding hydrogens is 364 g/mol. The first-order valence-electron chi connectivity index (χ1n) is 12.3. The first-order chi connectivity index (χ1) is 14.2. The van der Waals surface area contributed by atoms with Crippen molar-refractivity contribution in [2.45, 2.75) is 101 Å². The average molecular weight is 403 g/mol. The molecule has 3 saturated heterocycles. The van der Waals surface area contributed by atoms with Gasteiger partial charge in [-0.2, -0.15) is 0 Å². The summed E-state index contributed by atoms with van der Waals surface area (Å²) in [6.07, 6.45) is 14.0. The number of nitrogens with one attached hydrogen (secondary N) is 1. The SMILES string of the molecule is O=C(C1CCCC1)N1CCC(N2CCC(N3C(=O)N[C@@H]4CCCC[C@@H]43)CC2)CC1. The molecule has 6 nitrogen and oxygen atoms in total. The molecule has 5 aliphatic rings. The van der Waals surface area contributed by atoms with Crippen LogP contribution in [0.1, 0.15) is 77.0 Å². The predicted molar refractivity (Wildman–Crippen MR) is 113 cm³/mol. The lowest BCUT2D eigenvalue weighted by Gasteiger charge is -2.44. The largest absolute Gasteiger partial charge is 0.342 e. The van der Waals surface area contributed by atoms with Gasteiger partial charge in [0.1, 0.15) is 0 Å². The molecule has 2 aliphatic carbocycles. The minimum atomic E-state index is 0.194. The van der Waals surface area contributed by atoms with E-state index in [9.17, 15) is 9.59 Å². The fourth-order valence-corrected chi connectivity index (χ4v) is 6.84. The van der Waals surface area contributed by atoms with Gasteiger partial charge >= 0.3 is 6.03 Å². The minimum absolute atomic E-state index is 0.194. The highest BCUT2D eigenvalue weighted by Crippen LogP contribution is 2.33. The molecule has 162 valence electrons. The Morgan fingerprint density at radius 2 is 1.38 bits per heavy atom. The lowest BCUT2D eigenvalue weighted by Crippen LogP contribution is -2.54. The number of piperidine rings is 2. The van der Waals surface area contributed by atoms with Crippen molar-refractivity contribution in [3.8, 4) is 0 Å². The molecule has 0 aromatic heterocycles. The van der Waals surface area contributed by atoms with Crippen LogP contribution in [0.2, 0.25) is 0 Å². The zero-order valence-corrected chi connectivity index (χ0v) is 17.9. The van der Waals surface area contributed by atoms with Gasteiger partial charge in [-0.05, 0) is 51.4 Å². The van der Waals surface area contributed by atoms with E-state index in [0.29, 0.717) is 36.0 Å². The number of carbonyl (C=O) groups excluding carboxylic acids is 2. The van der Waals surface area contributed by atoms with Crippen LogP contribution >= 0.6 is 0 Å². The van der Waals surface area contributed by atoms with Gasteiger partial charge in [-0.1, -0.05) is 25.7 Å². The number of rotatable bonds is 3. The van der Waals surface area contributed by atoms with E-state index in [2.05, 4.69) is 20.0 Å². The highest BCUT2D eigenvalue weighted by Gasteiger charge is 2.44. The molecule has 3 aliphatic heterocycles. The monoisotopic (exact) mass is 402 g/mol. The van der Waals surface area contributed by atoms with Crippen LogP contribution in [0, 0.1) is 5.92 Å². The van der Waals surface area contributed by atoms with E-state index >= 15 is 0 Å². The van der Waals surface area contributed by atoms with Crippen molar-refractivity contribution in [3.63, 3.8) is 0 Å². The number of hydrogen-bond acceptors (Lipinski definition) is 3. The Morgan fingerprint density at radius 1 is 0.759 bits per heavy atom. The van der Waals surface area contributed by atoms with Gasteiger partial charge in [0.25, 0.3) is 0 Å². The number of nitrogens with zero attached hydrogens (tertiary/aromatic N) is 3. The maximum atomic E-state index is 12.7. The van der Waals surface area contributed by atoms with Crippen LogP contribution in [0.4, 0.5) is 4.79 Å². The number of amides is 3. The molecule has 0 aromatic carbocycles. The van der Waals surface area contributed by atoms with Gasteiger partial charge in [-0.25, -0.2) is 4.79 Å². The molecule has 2 saturated carbocycles. The Kier molecular flexibility index (Phi) is 5.72. The quantitative estimate of drug-likeness (QED) is 0.790. The van der Waals surface area contributed by atoms with Gasteiger partial charge in [0.05, 0.1) is 12.1 Å². The second kappa shape index (κ2) is 8.44. The maximum absolute atomic E-state index is 12.7. The summed E-state index contributed by atoms with van der Waals surface area (Å²) >= 11 is 0. The lowest BCUT2D eigenvalue weighted by molar-refractivity contribution is -0.137. The fourth-order valence-electron chi connectivity index (χ4n) is 6.84. The Morgan fingerprint density at radius 3 is 2.10 bits per heavy atom. The van der Waals surface area contributed by atoms with Crippen LogP contribution in [0.3, 0.4) is 0 Å². The third-order valence-electron chi connectivity index (χ3n) is 8.52. The topological polar surface area (TPSA) is 55.9 Å². The van der Waals surface area contributed by atoms with Gasteiger partial charge in [-0.15, -0.1) is 0 Å². The second-order valence-corrected chi connectivity index (χ2v) is 10.1. The number of urea groups is 1. The van der Waals surface area contributed by atoms with Crippen molar-refractivity contribution in [1.29, 1.82) is 0 Å². The predicted octanol–water partition coefficient (Wildman–Crippen LogP) is 2.97. The Bertz CT molecular complexity index is 604. The summed E-state index contributed by atoms with van der Waals surface area (Å²) < 4.78 is 0. The summed E-state index contributed by atoms with van der Waals surface area (Å²) in [7, 11) is 0. The third-order valence-corrected chi connectivity index (χ3v) is 8.52. The molecule has 5 rings (SSSR count). The van der Waals surface area contributed by atoms with Crippen LogP contribution in [-0.2, 0) is 4.79 Å². The molecule has 5 fully saturated rings. The van der Waals surface area contributed by atoms with Gasteiger partial charge in [-0.3, -0.25) is 4.79 Å². The fraction of sp³-hybridized carbons (Fsp3) is 0.913. The van der Waals surface area contributed by atoms with Crippen LogP contribution in [-0.4, -0.2) is 77.0 Å². The number of likely N-dealkylation sites (tertiary alicyclic amines) is 2. The van der Waals surface area contributed by atoms with E-state index in [4.69, 9.17) is 0 Å². The van der Waals surface area contributed by atoms with Crippen molar-refractivity contribution in [2.24, 2.45) is 5.92 Å². The summed E-state index contributed by atoms with van der Waals surface area (Å²) in [5.41, 5.74) is 0. The molecule has 0 bridgehead atoms. The van der Waals surface area contributed by atoms with Crippen molar-refractivity contribution in [2.75, 3.05) is 26.2 Å². The van der Waals surface area contributed by atoms with E-state index in [1.807, 2.05) is 0 Å². The molecule has 3 heterocycles. The first kappa shape index (κ1) is 19.7. The highest BCUT2D eigenvalue weighted by molar-refractivity contribution is 5.79. The lowest BCUT2D eigenvalue weighted by atomic mass is 9.89. The Labute approximate surface area is 175 Å². The van der Waals surface area contributed by atoms with E-state index in [0.717, 1.165) is 71.1 Å². The van der Waals surface area contributed by atoms with E-state index in [1.54, 1.807) is 0 Å². The van der Waals surface area contributed by atoms with Gasteiger partial charge in [0.15, 0.2) is 0 Å². The van der Waals surface area contributed by atoms with Gasteiger partial charge in [0, 0.05) is 44.2 Å². The normalized spacial score (nSPS) is 33.2. The molecule has 2 atom stereocenters. The number of fused-ring (bicyclic) bond motifs is 1. The molecule has 0 unspecified atom stereocenters. The number of hydrogen-bond donors (Lipinski definition) is 1. The summed E-state index contributed by atoms with van der Waals surface area (Å²) in [5, 5.41) is 3.25. The Hall–Kier alpha value is -1.30. The molecule has 29 heavy (non-hydrogen) atoms. The van der Waals surface area contributed by atoms with Crippen molar-refractivity contribution in [3.05, 3.63) is 0 Å². The summed E-state index contributed by atoms with van der Waals surface area (Å²) in [6, 6.07) is 2.08. The zero-order valence-electron chi connectivity index (χ0n) is 17.9. The van der Waals surface area contributed by atoms with Crippen LogP contribution in [0.15, 0.2) is 0 Å². The molecule has 3 amide bonds. The van der Waals surface area contributed by atoms with E-state index in [-0.39, 0.29) is 6.03 Å². The van der Waals surface area contributed by atoms with Crippen molar-refractivity contribution in [1.82, 2.24) is 20.0 Å². The third kappa shape index (κ3) is 3.89. The van der Waals surface area contributed by atoms with Crippen LogP contribution in [0.5, 0.6) is 0 Å². The van der Waals surface area contributed by atoms with Crippen LogP contribution < -0.4 is 5.32 Å². The van der Waals surface area contributed by atoms with Gasteiger partial charge in [0.2, 0.25) is 5.91 Å². The summed E-state index contributed by atoms with van der Waals surface area (Å²) in [5.74, 6) is 0.749. The average Bonchev–Trinajstić information content (AvgIpc) is 3.41. The molecular formula is C23H38N4O2. The smallest absolute Gasteiger partial charge is 0.318 e. The number of carbonyl (C=O) groups is 2. The van der Waals surface area contributed by atoms with E-state index in [1.165, 1.54) is 32.1 Å². The maximum Gasteiger partial charge on any atom is 0.318 e. The first-order valence-corrected chi connectivity index (χ1v) is 12.3. The minimum Gasteiger partial charge on any atom is -0.342 e. The molecule has 6 heteroatoms. The standard InChI is InChI=1S/C23H38N4O2/c28-22(17-5-1-2-6-17)26-15-9-18(10-16-26)25-13-11-19(12-14-25)27-21-8-4-3-7-20(21)24-23(27)29/h17-21H,1-16H2,(H,24,29)/t20-,21+/m1/s1. The van der Waals surface area contributed by atoms with E-state index < -0.39 is 0 Å². The summed E-state index contributed by atoms with van der Waals surface area (Å²) in [4.78, 5) is 32.3.